The molecule has 1 rings (SSSR count). The molecule has 0 saturated heterocycles. The van der Waals surface area contributed by atoms with Gasteiger partial charge in [-0.3, -0.25) is 0 Å². The Morgan fingerprint density at radius 3 is 2.90 bits per heavy atom. The van der Waals surface area contributed by atoms with Gasteiger partial charge in [0.15, 0.2) is 0 Å². The Morgan fingerprint density at radius 1 is 1.50 bits per heavy atom. The predicted molar refractivity (Wildman–Crippen MR) is 36.7 cm³/mol. The first-order valence-electron chi connectivity index (χ1n) is 2.73. The molecule has 1 heterocycles. The minimum atomic E-state index is 0.412. The van der Waals surface area contributed by atoms with Crippen molar-refractivity contribution < 1.29 is 4.39 Å². The zero-order valence-electron chi connectivity index (χ0n) is 5.26. The Kier molecular flexibility index (Phi) is 2.01. The number of aromatic nitrogens is 1. The molecular formula is C8H5FN. The molecule has 10 heavy (non-hydrogen) atoms. The molecule has 0 aliphatic heterocycles. The summed E-state index contributed by atoms with van der Waals surface area (Å²) < 4.78 is 11.4. The molecule has 0 bridgehead atoms. The van der Waals surface area contributed by atoms with E-state index in [2.05, 4.69) is 17.8 Å². The lowest BCUT2D eigenvalue weighted by Gasteiger charge is -1.89. The van der Waals surface area contributed by atoms with Gasteiger partial charge < -0.3 is 0 Å². The van der Waals surface area contributed by atoms with Gasteiger partial charge in [-0.05, 0) is 25.0 Å². The number of hydrogen-bond acceptors (Lipinski definition) is 1. The number of pyridine rings is 1. The summed E-state index contributed by atoms with van der Waals surface area (Å²) in [5.74, 6) is 2.18. The third-order valence-corrected chi connectivity index (χ3v) is 0.982. The van der Waals surface area contributed by atoms with Crippen LogP contribution in [0.15, 0.2) is 18.2 Å². The van der Waals surface area contributed by atoms with Crippen LogP contribution in [0.1, 0.15) is 11.4 Å². The maximum absolute atomic E-state index is 11.4. The smallest absolute Gasteiger partial charge is 0.116 e. The first-order valence-corrected chi connectivity index (χ1v) is 2.73. The Labute approximate surface area is 58.9 Å². The monoisotopic (exact) mass is 134 g/mol. The van der Waals surface area contributed by atoms with Gasteiger partial charge in [0, 0.05) is 5.69 Å². The average Bonchev–Trinajstić information content (AvgIpc) is 1.88. The van der Waals surface area contributed by atoms with Gasteiger partial charge in [0.05, 0.1) is 0 Å². The molecule has 49 valence electrons. The first-order chi connectivity index (χ1) is 4.83. The van der Waals surface area contributed by atoms with Gasteiger partial charge in [-0.2, -0.15) is 0 Å². The molecule has 0 aliphatic rings. The second kappa shape index (κ2) is 2.98. The third-order valence-electron chi connectivity index (χ3n) is 0.982. The quantitative estimate of drug-likeness (QED) is 0.490. The van der Waals surface area contributed by atoms with Crippen LogP contribution in [0, 0.1) is 19.0 Å². The minimum absolute atomic E-state index is 0.412. The fraction of sp³-hybridized carbons (Fsp3) is 0. The Balaban J connectivity index is 3.03. The molecule has 0 saturated carbocycles. The lowest BCUT2D eigenvalue weighted by molar-refractivity contribution is 0.773. The summed E-state index contributed by atoms with van der Waals surface area (Å²) in [7, 11) is 0. The molecule has 1 aromatic rings. The van der Waals surface area contributed by atoms with E-state index in [1.54, 1.807) is 18.2 Å². The molecule has 0 fully saturated rings. The van der Waals surface area contributed by atoms with Crippen LogP contribution < -0.4 is 0 Å². The summed E-state index contributed by atoms with van der Waals surface area (Å²) in [5, 5.41) is 0. The van der Waals surface area contributed by atoms with Crippen LogP contribution in [0.4, 0.5) is 4.39 Å². The van der Waals surface area contributed by atoms with Crippen molar-refractivity contribution >= 4 is 0 Å². The molecule has 0 unspecified atom stereocenters. The Hall–Kier alpha value is -1.36. The van der Waals surface area contributed by atoms with Crippen LogP contribution >= 0.6 is 0 Å². The molecule has 1 radical (unpaired) electrons. The highest BCUT2D eigenvalue weighted by atomic mass is 19.1. The minimum Gasteiger partial charge on any atom is -0.244 e. The fourth-order valence-corrected chi connectivity index (χ4v) is 0.598. The van der Waals surface area contributed by atoms with E-state index in [4.69, 9.17) is 0 Å². The van der Waals surface area contributed by atoms with E-state index in [1.807, 2.05) is 0 Å². The van der Waals surface area contributed by atoms with Gasteiger partial charge in [0.1, 0.15) is 11.9 Å². The molecule has 0 aromatic carbocycles. The lowest BCUT2D eigenvalue weighted by atomic mass is 10.3. The van der Waals surface area contributed by atoms with Crippen molar-refractivity contribution in [2.24, 2.45) is 0 Å². The number of rotatable bonds is 0. The van der Waals surface area contributed by atoms with E-state index in [0.29, 0.717) is 11.4 Å². The van der Waals surface area contributed by atoms with Crippen LogP contribution in [-0.4, -0.2) is 4.98 Å². The highest BCUT2D eigenvalue weighted by Crippen LogP contribution is 1.94. The summed E-state index contributed by atoms with van der Waals surface area (Å²) in [6.45, 7) is 3.56. The Morgan fingerprint density at radius 2 is 2.30 bits per heavy atom. The van der Waals surface area contributed by atoms with Crippen molar-refractivity contribution in [2.45, 2.75) is 0 Å². The fourth-order valence-electron chi connectivity index (χ4n) is 0.598. The molecule has 1 nitrogen and oxygen atoms in total. The first kappa shape index (κ1) is 6.76. The van der Waals surface area contributed by atoms with Gasteiger partial charge >= 0.3 is 0 Å². The van der Waals surface area contributed by atoms with E-state index >= 15 is 0 Å². The van der Waals surface area contributed by atoms with Gasteiger partial charge in [-0.1, -0.05) is 6.07 Å². The second-order valence-electron chi connectivity index (χ2n) is 1.73. The maximum Gasteiger partial charge on any atom is 0.116 e. The molecule has 0 atom stereocenters. The highest BCUT2D eigenvalue weighted by Gasteiger charge is 1.86. The third kappa shape index (κ3) is 1.56. The van der Waals surface area contributed by atoms with Gasteiger partial charge in [0.25, 0.3) is 0 Å². The standard InChI is InChI=1S/C8H5FN/c1-7-3-2-4-8(10-7)5-6-9/h2-4H,1H2. The molecular weight excluding hydrogens is 129 g/mol. The van der Waals surface area contributed by atoms with Crippen LogP contribution in [0.2, 0.25) is 0 Å². The molecule has 2 heteroatoms. The molecule has 0 amide bonds. The van der Waals surface area contributed by atoms with Crippen LogP contribution in [-0.2, 0) is 0 Å². The van der Waals surface area contributed by atoms with Gasteiger partial charge in [-0.25, -0.2) is 4.98 Å². The van der Waals surface area contributed by atoms with Crippen molar-refractivity contribution in [1.29, 1.82) is 0 Å². The van der Waals surface area contributed by atoms with Crippen molar-refractivity contribution in [1.82, 2.24) is 4.98 Å². The molecule has 1 aromatic heterocycles. The second-order valence-corrected chi connectivity index (χ2v) is 1.73. The zero-order chi connectivity index (χ0) is 7.40. The van der Waals surface area contributed by atoms with Crippen molar-refractivity contribution in [3.63, 3.8) is 0 Å². The summed E-state index contributed by atoms with van der Waals surface area (Å²) in [6, 6.07) is 5.08. The summed E-state index contributed by atoms with van der Waals surface area (Å²) >= 11 is 0. The topological polar surface area (TPSA) is 12.9 Å². The van der Waals surface area contributed by atoms with Gasteiger partial charge in [0.2, 0.25) is 0 Å². The lowest BCUT2D eigenvalue weighted by Crippen LogP contribution is -1.83. The zero-order valence-corrected chi connectivity index (χ0v) is 5.26. The van der Waals surface area contributed by atoms with Crippen molar-refractivity contribution in [3.8, 4) is 12.1 Å². The molecule has 0 N–H and O–H groups in total. The van der Waals surface area contributed by atoms with E-state index in [-0.39, 0.29) is 0 Å². The largest absolute Gasteiger partial charge is 0.244 e. The number of nitrogens with zero attached hydrogens (tertiary/aromatic N) is 1. The highest BCUT2D eigenvalue weighted by molar-refractivity contribution is 5.27. The predicted octanol–water partition coefficient (Wildman–Crippen LogP) is 1.54. The van der Waals surface area contributed by atoms with E-state index in [1.165, 1.54) is 6.17 Å². The average molecular weight is 134 g/mol. The molecule has 0 spiro atoms. The van der Waals surface area contributed by atoms with Crippen LogP contribution in [0.3, 0.4) is 0 Å². The summed E-state index contributed by atoms with van der Waals surface area (Å²) in [5.41, 5.74) is 1.01. The van der Waals surface area contributed by atoms with Crippen LogP contribution in [0.5, 0.6) is 0 Å². The van der Waals surface area contributed by atoms with Crippen molar-refractivity contribution in [2.75, 3.05) is 0 Å². The van der Waals surface area contributed by atoms with E-state index < -0.39 is 0 Å². The van der Waals surface area contributed by atoms with Crippen LogP contribution in [0.25, 0.3) is 0 Å². The normalized spacial score (nSPS) is 8.20. The van der Waals surface area contributed by atoms with E-state index in [9.17, 15) is 4.39 Å². The number of hydrogen-bond donors (Lipinski definition) is 0. The van der Waals surface area contributed by atoms with Crippen molar-refractivity contribution in [3.05, 3.63) is 36.5 Å². The Bertz CT molecular complexity index is 283. The summed E-state index contributed by atoms with van der Waals surface area (Å²) in [6.07, 6.45) is 1.27. The van der Waals surface area contributed by atoms with E-state index in [0.717, 1.165) is 0 Å². The SMILES string of the molecule is [CH2]c1cccc(C#CF)n1. The maximum atomic E-state index is 11.4. The van der Waals surface area contributed by atoms with Gasteiger partial charge in [-0.15, -0.1) is 4.39 Å². The molecule has 0 aliphatic carbocycles. The number of halogens is 1. The summed E-state index contributed by atoms with van der Waals surface area (Å²) in [4.78, 5) is 3.84.